The molecule has 0 aliphatic rings. The number of rotatable bonds is 1. The molecule has 0 radical (unpaired) electrons. The molecular weight excluding hydrogens is 136 g/mol. The summed E-state index contributed by atoms with van der Waals surface area (Å²) in [7, 11) is 1.57. The Morgan fingerprint density at radius 2 is 2.50 bits per heavy atom. The maximum Gasteiger partial charge on any atom is 0.330 e. The van der Waals surface area contributed by atoms with Crippen LogP contribution >= 0.6 is 0 Å². The maximum atomic E-state index is 10.1. The summed E-state index contributed by atoms with van der Waals surface area (Å²) in [5.74, 6) is -0.0486. The lowest BCUT2D eigenvalue weighted by molar-refractivity contribution is -0.384. The van der Waals surface area contributed by atoms with E-state index < -0.39 is 4.92 Å². The molecule has 10 heavy (non-hydrogen) atoms. The number of nitro groups is 1. The van der Waals surface area contributed by atoms with Crippen LogP contribution in [0.25, 0.3) is 0 Å². The second kappa shape index (κ2) is 1.98. The molecule has 54 valence electrons. The highest BCUT2D eigenvalue weighted by Crippen LogP contribution is 2.16. The Morgan fingerprint density at radius 1 is 1.90 bits per heavy atom. The standard InChI is InChI=1S/C4H6N4O2/c1-7-2-3(8(9)10)4(5)6-7/h2H,1H3,(H2,5,6). The third-order valence-corrected chi connectivity index (χ3v) is 1.03. The zero-order valence-electron chi connectivity index (χ0n) is 5.31. The van der Waals surface area contributed by atoms with E-state index in [9.17, 15) is 10.1 Å². The van der Waals surface area contributed by atoms with E-state index in [0.29, 0.717) is 0 Å². The molecule has 1 aromatic heterocycles. The highest BCUT2D eigenvalue weighted by molar-refractivity contribution is 5.50. The molecule has 1 rings (SSSR count). The van der Waals surface area contributed by atoms with Crippen LogP contribution < -0.4 is 5.73 Å². The molecule has 0 saturated heterocycles. The van der Waals surface area contributed by atoms with Crippen LogP contribution in [0.15, 0.2) is 6.20 Å². The number of nitrogen functional groups attached to an aromatic ring is 1. The second-order valence-corrected chi connectivity index (χ2v) is 1.83. The van der Waals surface area contributed by atoms with E-state index in [1.165, 1.54) is 10.9 Å². The van der Waals surface area contributed by atoms with Crippen molar-refractivity contribution in [2.24, 2.45) is 7.05 Å². The zero-order chi connectivity index (χ0) is 7.72. The maximum absolute atomic E-state index is 10.1. The largest absolute Gasteiger partial charge is 0.376 e. The molecule has 6 heteroatoms. The van der Waals surface area contributed by atoms with Gasteiger partial charge in [-0.3, -0.25) is 14.8 Å². The topological polar surface area (TPSA) is 87.0 Å². The average molecular weight is 142 g/mol. The molecule has 1 heterocycles. The van der Waals surface area contributed by atoms with Crippen molar-refractivity contribution in [3.05, 3.63) is 16.3 Å². The van der Waals surface area contributed by atoms with Crippen LogP contribution in [-0.4, -0.2) is 14.7 Å². The van der Waals surface area contributed by atoms with Gasteiger partial charge in [0.25, 0.3) is 0 Å². The summed E-state index contributed by atoms with van der Waals surface area (Å²) in [5.41, 5.74) is 5.02. The molecule has 0 amide bonds. The SMILES string of the molecule is Cn1cc([N+](=O)[O-])c(N)n1. The molecule has 0 aromatic carbocycles. The van der Waals surface area contributed by atoms with Crippen molar-refractivity contribution in [2.75, 3.05) is 5.73 Å². The summed E-state index contributed by atoms with van der Waals surface area (Å²) in [6.45, 7) is 0. The van der Waals surface area contributed by atoms with E-state index in [4.69, 9.17) is 5.73 Å². The smallest absolute Gasteiger partial charge is 0.330 e. The first kappa shape index (κ1) is 6.53. The summed E-state index contributed by atoms with van der Waals surface area (Å²) in [4.78, 5) is 9.54. The minimum absolute atomic E-state index is 0.0486. The Bertz CT molecular complexity index is 266. The molecule has 0 fully saturated rings. The third-order valence-electron chi connectivity index (χ3n) is 1.03. The number of hydrogen-bond donors (Lipinski definition) is 1. The molecular formula is C4H6N4O2. The molecule has 0 atom stereocenters. The quantitative estimate of drug-likeness (QED) is 0.438. The number of hydrogen-bond acceptors (Lipinski definition) is 4. The summed E-state index contributed by atoms with van der Waals surface area (Å²) < 4.78 is 1.30. The Labute approximate surface area is 56.4 Å². The fourth-order valence-corrected chi connectivity index (χ4v) is 0.634. The molecule has 6 nitrogen and oxygen atoms in total. The Balaban J connectivity index is 3.15. The first-order valence-electron chi connectivity index (χ1n) is 2.55. The number of aryl methyl sites for hydroxylation is 1. The predicted octanol–water partition coefficient (Wildman–Crippen LogP) is -0.0895. The lowest BCUT2D eigenvalue weighted by Gasteiger charge is -1.81. The van der Waals surface area contributed by atoms with Crippen molar-refractivity contribution >= 4 is 11.5 Å². The number of nitrogens with zero attached hydrogens (tertiary/aromatic N) is 3. The molecule has 1 aromatic rings. The minimum atomic E-state index is -0.567. The van der Waals surface area contributed by atoms with E-state index in [0.717, 1.165) is 0 Å². The third kappa shape index (κ3) is 0.903. The van der Waals surface area contributed by atoms with Gasteiger partial charge >= 0.3 is 5.69 Å². The van der Waals surface area contributed by atoms with E-state index in [1.54, 1.807) is 7.05 Å². The Kier molecular flexibility index (Phi) is 1.29. The van der Waals surface area contributed by atoms with Gasteiger partial charge in [-0.15, -0.1) is 5.10 Å². The first-order chi connectivity index (χ1) is 4.61. The summed E-state index contributed by atoms with van der Waals surface area (Å²) >= 11 is 0. The van der Waals surface area contributed by atoms with Gasteiger partial charge in [0.05, 0.1) is 4.92 Å². The van der Waals surface area contributed by atoms with Gasteiger partial charge in [-0.2, -0.15) is 0 Å². The van der Waals surface area contributed by atoms with E-state index >= 15 is 0 Å². The molecule has 2 N–H and O–H groups in total. The van der Waals surface area contributed by atoms with Gasteiger partial charge < -0.3 is 5.73 Å². The van der Waals surface area contributed by atoms with Crippen LogP contribution in [0.3, 0.4) is 0 Å². The van der Waals surface area contributed by atoms with Crippen LogP contribution in [0.4, 0.5) is 11.5 Å². The van der Waals surface area contributed by atoms with E-state index in [2.05, 4.69) is 5.10 Å². The molecule has 0 aliphatic heterocycles. The van der Waals surface area contributed by atoms with Crippen molar-refractivity contribution in [2.45, 2.75) is 0 Å². The lowest BCUT2D eigenvalue weighted by atomic mass is 10.5. The Morgan fingerprint density at radius 3 is 2.70 bits per heavy atom. The number of aromatic nitrogens is 2. The molecule has 0 aliphatic carbocycles. The van der Waals surface area contributed by atoms with Crippen molar-refractivity contribution < 1.29 is 4.92 Å². The average Bonchev–Trinajstić information content (AvgIpc) is 2.10. The van der Waals surface area contributed by atoms with Gasteiger partial charge in [-0.05, 0) is 0 Å². The monoisotopic (exact) mass is 142 g/mol. The summed E-state index contributed by atoms with van der Waals surface area (Å²) in [6, 6.07) is 0. The molecule has 0 unspecified atom stereocenters. The van der Waals surface area contributed by atoms with Gasteiger partial charge in [0.15, 0.2) is 0 Å². The molecule has 0 saturated carbocycles. The van der Waals surface area contributed by atoms with Crippen LogP contribution in [0.5, 0.6) is 0 Å². The van der Waals surface area contributed by atoms with Gasteiger partial charge in [0.1, 0.15) is 6.20 Å². The second-order valence-electron chi connectivity index (χ2n) is 1.83. The van der Waals surface area contributed by atoms with Crippen molar-refractivity contribution in [1.29, 1.82) is 0 Å². The van der Waals surface area contributed by atoms with E-state index in [1.807, 2.05) is 0 Å². The van der Waals surface area contributed by atoms with Crippen LogP contribution in [-0.2, 0) is 7.05 Å². The van der Waals surface area contributed by atoms with Crippen molar-refractivity contribution in [3.8, 4) is 0 Å². The fraction of sp³-hybridized carbons (Fsp3) is 0.250. The lowest BCUT2D eigenvalue weighted by Crippen LogP contribution is -1.92. The van der Waals surface area contributed by atoms with Crippen LogP contribution in [0.2, 0.25) is 0 Å². The molecule has 0 bridgehead atoms. The van der Waals surface area contributed by atoms with Gasteiger partial charge in [-0.1, -0.05) is 0 Å². The minimum Gasteiger partial charge on any atom is -0.376 e. The zero-order valence-corrected chi connectivity index (χ0v) is 5.31. The molecule has 0 spiro atoms. The van der Waals surface area contributed by atoms with E-state index in [-0.39, 0.29) is 11.5 Å². The highest BCUT2D eigenvalue weighted by atomic mass is 16.6. The number of anilines is 1. The summed E-state index contributed by atoms with van der Waals surface area (Å²) in [6.07, 6.45) is 1.26. The normalized spacial score (nSPS) is 9.70. The van der Waals surface area contributed by atoms with Crippen molar-refractivity contribution in [1.82, 2.24) is 9.78 Å². The first-order valence-corrected chi connectivity index (χ1v) is 2.55. The van der Waals surface area contributed by atoms with Crippen LogP contribution in [0, 0.1) is 10.1 Å². The fourth-order valence-electron chi connectivity index (χ4n) is 0.634. The predicted molar refractivity (Wildman–Crippen MR) is 34.3 cm³/mol. The van der Waals surface area contributed by atoms with Gasteiger partial charge in [-0.25, -0.2) is 0 Å². The summed E-state index contributed by atoms with van der Waals surface area (Å²) in [5, 5.41) is 13.7. The van der Waals surface area contributed by atoms with Crippen molar-refractivity contribution in [3.63, 3.8) is 0 Å². The Hall–Kier alpha value is -1.59. The number of nitrogens with two attached hydrogens (primary N) is 1. The van der Waals surface area contributed by atoms with Crippen LogP contribution in [0.1, 0.15) is 0 Å². The van der Waals surface area contributed by atoms with Gasteiger partial charge in [0.2, 0.25) is 5.82 Å². The highest BCUT2D eigenvalue weighted by Gasteiger charge is 2.13. The van der Waals surface area contributed by atoms with Gasteiger partial charge in [0, 0.05) is 7.05 Å².